The zero-order valence-corrected chi connectivity index (χ0v) is 11.8. The highest BCUT2D eigenvalue weighted by atomic mass is 16.5. The van der Waals surface area contributed by atoms with E-state index < -0.39 is 0 Å². The van der Waals surface area contributed by atoms with E-state index in [4.69, 9.17) is 4.74 Å². The molecule has 1 aromatic heterocycles. The molecule has 1 atom stereocenters. The molecule has 1 aliphatic heterocycles. The Hall–Kier alpha value is -1.36. The highest BCUT2D eigenvalue weighted by molar-refractivity contribution is 5.77. The fraction of sp³-hybridized carbons (Fsp3) is 0.714. The Labute approximate surface area is 114 Å². The normalized spacial score (nSPS) is 18.4. The average Bonchev–Trinajstić information content (AvgIpc) is 2.82. The van der Waals surface area contributed by atoms with Crippen LogP contribution in [0.4, 0.5) is 0 Å². The van der Waals surface area contributed by atoms with Crippen LogP contribution in [-0.4, -0.2) is 34.7 Å². The summed E-state index contributed by atoms with van der Waals surface area (Å²) in [6.07, 6.45) is 6.65. The summed E-state index contributed by atoms with van der Waals surface area (Å²) in [5.74, 6) is 1.71. The molecule has 0 bridgehead atoms. The highest BCUT2D eigenvalue weighted by Gasteiger charge is 2.20. The van der Waals surface area contributed by atoms with Gasteiger partial charge in [0.15, 0.2) is 0 Å². The minimum Gasteiger partial charge on any atom is -0.372 e. The third kappa shape index (κ3) is 4.35. The van der Waals surface area contributed by atoms with Gasteiger partial charge in [-0.2, -0.15) is 0 Å². The Balaban J connectivity index is 1.66. The molecule has 5 nitrogen and oxygen atoms in total. The van der Waals surface area contributed by atoms with Crippen molar-refractivity contribution < 1.29 is 9.53 Å². The maximum atomic E-state index is 11.7. The summed E-state index contributed by atoms with van der Waals surface area (Å²) in [7, 11) is 0. The zero-order chi connectivity index (χ0) is 13.7. The number of nitrogens with zero attached hydrogens (tertiary/aromatic N) is 2. The number of amides is 1. The molecule has 0 fully saturated rings. The summed E-state index contributed by atoms with van der Waals surface area (Å²) in [5, 5.41) is 3.03. The van der Waals surface area contributed by atoms with E-state index in [0.29, 0.717) is 12.5 Å². The molecule has 0 saturated carbocycles. The van der Waals surface area contributed by atoms with Crippen molar-refractivity contribution in [2.24, 2.45) is 5.92 Å². The van der Waals surface area contributed by atoms with Crippen molar-refractivity contribution in [1.29, 1.82) is 0 Å². The van der Waals surface area contributed by atoms with Gasteiger partial charge in [0.25, 0.3) is 0 Å². The first kappa shape index (κ1) is 14.1. The average molecular weight is 265 g/mol. The quantitative estimate of drug-likeness (QED) is 0.791. The number of fused-ring (bicyclic) bond motifs is 1. The van der Waals surface area contributed by atoms with Gasteiger partial charge in [-0.3, -0.25) is 4.79 Å². The molecule has 0 aromatic carbocycles. The third-order valence-electron chi connectivity index (χ3n) is 3.37. The zero-order valence-electron chi connectivity index (χ0n) is 11.8. The molecule has 0 radical (unpaired) electrons. The van der Waals surface area contributed by atoms with Crippen LogP contribution in [0.1, 0.15) is 32.5 Å². The van der Waals surface area contributed by atoms with Crippen molar-refractivity contribution in [1.82, 2.24) is 14.9 Å². The topological polar surface area (TPSA) is 56.1 Å². The highest BCUT2D eigenvalue weighted by Crippen LogP contribution is 2.12. The van der Waals surface area contributed by atoms with E-state index in [9.17, 15) is 4.79 Å². The second-order valence-corrected chi connectivity index (χ2v) is 5.53. The monoisotopic (exact) mass is 265 g/mol. The second-order valence-electron chi connectivity index (χ2n) is 5.53. The lowest BCUT2D eigenvalue weighted by Gasteiger charge is -2.24. The van der Waals surface area contributed by atoms with Crippen LogP contribution in [0.15, 0.2) is 12.4 Å². The van der Waals surface area contributed by atoms with E-state index in [-0.39, 0.29) is 18.6 Å². The standard InChI is InChI=1S/C14H23N3O2/c1-11(2)5-8-19-10-14(18)16-12-3-4-13-15-6-7-17(13)9-12/h6-7,11-12H,3-5,8-10H2,1-2H3,(H,16,18)/t12-/m1/s1. The summed E-state index contributed by atoms with van der Waals surface area (Å²) in [4.78, 5) is 16.0. The minimum absolute atomic E-state index is 0.0164. The summed E-state index contributed by atoms with van der Waals surface area (Å²) >= 11 is 0. The lowest BCUT2D eigenvalue weighted by molar-refractivity contribution is -0.126. The maximum Gasteiger partial charge on any atom is 0.246 e. The predicted octanol–water partition coefficient (Wildman–Crippen LogP) is 1.38. The van der Waals surface area contributed by atoms with Crippen LogP contribution in [0.2, 0.25) is 0 Å². The van der Waals surface area contributed by atoms with Crippen LogP contribution in [0.25, 0.3) is 0 Å². The molecule has 1 aliphatic rings. The summed E-state index contributed by atoms with van der Waals surface area (Å²) < 4.78 is 7.48. The third-order valence-corrected chi connectivity index (χ3v) is 3.37. The van der Waals surface area contributed by atoms with Crippen LogP contribution in [0.5, 0.6) is 0 Å². The largest absolute Gasteiger partial charge is 0.372 e. The number of hydrogen-bond donors (Lipinski definition) is 1. The molecule has 1 amide bonds. The number of carbonyl (C=O) groups excluding carboxylic acids is 1. The number of carbonyl (C=O) groups is 1. The molecule has 106 valence electrons. The first-order chi connectivity index (χ1) is 9.15. The van der Waals surface area contributed by atoms with E-state index >= 15 is 0 Å². The van der Waals surface area contributed by atoms with Crippen molar-refractivity contribution in [3.8, 4) is 0 Å². The van der Waals surface area contributed by atoms with Gasteiger partial charge in [-0.05, 0) is 18.8 Å². The summed E-state index contributed by atoms with van der Waals surface area (Å²) in [5.41, 5.74) is 0. The number of hydrogen-bond acceptors (Lipinski definition) is 3. The molecule has 19 heavy (non-hydrogen) atoms. The number of aromatic nitrogens is 2. The van der Waals surface area contributed by atoms with E-state index in [2.05, 4.69) is 28.7 Å². The number of imidazole rings is 1. The molecule has 1 aromatic rings. The molecule has 0 unspecified atom stereocenters. The Kier molecular flexibility index (Phi) is 4.96. The van der Waals surface area contributed by atoms with Gasteiger partial charge in [0, 0.05) is 38.0 Å². The second kappa shape index (κ2) is 6.70. The van der Waals surface area contributed by atoms with Crippen molar-refractivity contribution in [2.75, 3.05) is 13.2 Å². The smallest absolute Gasteiger partial charge is 0.246 e. The SMILES string of the molecule is CC(C)CCOCC(=O)N[C@@H]1CCc2nccn2C1. The van der Waals surface area contributed by atoms with Gasteiger partial charge in [0.2, 0.25) is 5.91 Å². The van der Waals surface area contributed by atoms with Crippen molar-refractivity contribution >= 4 is 5.91 Å². The minimum atomic E-state index is -0.0164. The Morgan fingerprint density at radius 2 is 2.47 bits per heavy atom. The number of ether oxygens (including phenoxy) is 1. The summed E-state index contributed by atoms with van der Waals surface area (Å²) in [6, 6.07) is 0.197. The van der Waals surface area contributed by atoms with Gasteiger partial charge in [-0.1, -0.05) is 13.8 Å². The van der Waals surface area contributed by atoms with E-state index in [0.717, 1.165) is 31.6 Å². The molecule has 1 N–H and O–H groups in total. The van der Waals surface area contributed by atoms with Crippen molar-refractivity contribution in [3.05, 3.63) is 18.2 Å². The van der Waals surface area contributed by atoms with E-state index in [1.165, 1.54) is 0 Å². The molecular formula is C14H23N3O2. The van der Waals surface area contributed by atoms with Gasteiger partial charge in [0.1, 0.15) is 12.4 Å². The van der Waals surface area contributed by atoms with Gasteiger partial charge in [0.05, 0.1) is 0 Å². The lowest BCUT2D eigenvalue weighted by Crippen LogP contribution is -2.42. The Morgan fingerprint density at radius 3 is 3.26 bits per heavy atom. The predicted molar refractivity (Wildman–Crippen MR) is 72.8 cm³/mol. The van der Waals surface area contributed by atoms with Crippen LogP contribution < -0.4 is 5.32 Å². The van der Waals surface area contributed by atoms with Crippen LogP contribution >= 0.6 is 0 Å². The van der Waals surface area contributed by atoms with E-state index in [1.807, 2.05) is 12.4 Å². The number of nitrogens with one attached hydrogen (secondary N) is 1. The molecule has 5 heteroatoms. The Morgan fingerprint density at radius 1 is 1.63 bits per heavy atom. The number of aryl methyl sites for hydroxylation is 1. The first-order valence-electron chi connectivity index (χ1n) is 7.02. The summed E-state index contributed by atoms with van der Waals surface area (Å²) in [6.45, 7) is 5.93. The van der Waals surface area contributed by atoms with Gasteiger partial charge in [-0.15, -0.1) is 0 Å². The maximum absolute atomic E-state index is 11.7. The molecule has 2 heterocycles. The van der Waals surface area contributed by atoms with Gasteiger partial charge < -0.3 is 14.6 Å². The van der Waals surface area contributed by atoms with Crippen LogP contribution in [0, 0.1) is 5.92 Å². The van der Waals surface area contributed by atoms with Gasteiger partial charge in [-0.25, -0.2) is 4.98 Å². The Bertz CT molecular complexity index is 415. The first-order valence-corrected chi connectivity index (χ1v) is 7.02. The molecule has 0 saturated heterocycles. The molecular weight excluding hydrogens is 242 g/mol. The fourth-order valence-electron chi connectivity index (χ4n) is 2.24. The van der Waals surface area contributed by atoms with Crippen molar-refractivity contribution in [2.45, 2.75) is 45.7 Å². The van der Waals surface area contributed by atoms with Gasteiger partial charge >= 0.3 is 0 Å². The van der Waals surface area contributed by atoms with E-state index in [1.54, 1.807) is 0 Å². The van der Waals surface area contributed by atoms with Crippen LogP contribution in [-0.2, 0) is 22.5 Å². The van der Waals surface area contributed by atoms with Crippen LogP contribution in [0.3, 0.4) is 0 Å². The number of rotatable bonds is 6. The molecule has 0 spiro atoms. The lowest BCUT2D eigenvalue weighted by atomic mass is 10.1. The van der Waals surface area contributed by atoms with Crippen molar-refractivity contribution in [3.63, 3.8) is 0 Å². The fourth-order valence-corrected chi connectivity index (χ4v) is 2.24. The molecule has 0 aliphatic carbocycles. The molecule has 2 rings (SSSR count).